The molecule has 0 aromatic heterocycles. The van der Waals surface area contributed by atoms with Crippen molar-refractivity contribution in [2.24, 2.45) is 11.5 Å². The number of phenolic OH excluding ortho intramolecular Hbond substituents is 1. The fourth-order valence-corrected chi connectivity index (χ4v) is 5.73. The van der Waals surface area contributed by atoms with Gasteiger partial charge in [0.15, 0.2) is 5.75 Å². The maximum atomic E-state index is 11.1. The van der Waals surface area contributed by atoms with Crippen LogP contribution in [0.15, 0.2) is 24.3 Å². The highest BCUT2D eigenvalue weighted by atomic mass is 127. The molecule has 1 atom stereocenters. The second-order valence-corrected chi connectivity index (χ2v) is 9.59. The van der Waals surface area contributed by atoms with Crippen molar-refractivity contribution in [1.29, 1.82) is 0 Å². The van der Waals surface area contributed by atoms with Crippen molar-refractivity contribution in [3.63, 3.8) is 0 Å². The van der Waals surface area contributed by atoms with E-state index in [0.717, 1.165) is 25.6 Å². The summed E-state index contributed by atoms with van der Waals surface area (Å²) >= 11 is 8.50. The summed E-state index contributed by atoms with van der Waals surface area (Å²) in [7, 11) is 0. The molecule has 0 radical (unpaired) electrons. The zero-order chi connectivity index (χ0) is 18.0. The van der Waals surface area contributed by atoms with E-state index in [1.807, 2.05) is 12.1 Å². The fourth-order valence-electron chi connectivity index (χ4n) is 1.90. The Morgan fingerprint density at radius 3 is 2.00 bits per heavy atom. The number of ether oxygens (including phenoxy) is 1. The number of aromatic hydroxyl groups is 1. The van der Waals surface area contributed by atoms with Crippen LogP contribution < -0.4 is 16.2 Å². The number of phenols is 1. The second kappa shape index (κ2) is 8.85. The Hall–Kier alpha value is 0.390. The summed E-state index contributed by atoms with van der Waals surface area (Å²) in [5, 5.41) is 9.85. The molecule has 0 fully saturated rings. The number of carbonyl (C=O) groups excluding carboxylic acids is 1. The van der Waals surface area contributed by atoms with Gasteiger partial charge in [-0.3, -0.25) is 4.79 Å². The van der Waals surface area contributed by atoms with Crippen molar-refractivity contribution in [2.75, 3.05) is 0 Å². The monoisotopic (exact) mass is 776 g/mol. The zero-order valence-corrected chi connectivity index (χ0v) is 20.7. The molecular weight excluding hydrogens is 764 g/mol. The van der Waals surface area contributed by atoms with E-state index in [2.05, 4.69) is 90.4 Å². The standard InChI is InChI=1S/C15H12I4N2O3/c16-8-4-7(5-9(17)13(8)22)24-14-10(18)1-6(2-11(14)19)3-12(20)15(21)23/h1-2,4-5,12,22H,3,20H2,(H2,21,23)/t12-/m0/s1. The lowest BCUT2D eigenvalue weighted by atomic mass is 10.1. The van der Waals surface area contributed by atoms with Gasteiger partial charge in [0.2, 0.25) is 5.91 Å². The van der Waals surface area contributed by atoms with Crippen LogP contribution in [0.5, 0.6) is 17.2 Å². The van der Waals surface area contributed by atoms with E-state index in [1.54, 1.807) is 12.1 Å². The minimum Gasteiger partial charge on any atom is -0.506 e. The molecule has 9 heteroatoms. The van der Waals surface area contributed by atoms with Crippen LogP contribution in [-0.4, -0.2) is 17.1 Å². The predicted octanol–water partition coefficient (Wildman–Crippen LogP) is 3.96. The summed E-state index contributed by atoms with van der Waals surface area (Å²) in [6, 6.07) is 6.71. The Morgan fingerprint density at radius 1 is 1.04 bits per heavy atom. The first-order chi connectivity index (χ1) is 11.2. The molecule has 0 heterocycles. The number of nitrogens with two attached hydrogens (primary N) is 2. The van der Waals surface area contributed by atoms with E-state index in [4.69, 9.17) is 16.2 Å². The maximum Gasteiger partial charge on any atom is 0.234 e. The van der Waals surface area contributed by atoms with Crippen molar-refractivity contribution in [3.05, 3.63) is 44.1 Å². The molecule has 2 aromatic carbocycles. The molecule has 0 aliphatic carbocycles. The molecule has 5 N–H and O–H groups in total. The zero-order valence-electron chi connectivity index (χ0n) is 12.0. The van der Waals surface area contributed by atoms with Crippen molar-refractivity contribution in [3.8, 4) is 17.2 Å². The van der Waals surface area contributed by atoms with Crippen molar-refractivity contribution >= 4 is 96.3 Å². The molecule has 0 spiro atoms. The van der Waals surface area contributed by atoms with Gasteiger partial charge in [0.1, 0.15) is 11.5 Å². The number of primary amides is 1. The van der Waals surface area contributed by atoms with Gasteiger partial charge in [0.05, 0.1) is 20.3 Å². The van der Waals surface area contributed by atoms with Gasteiger partial charge in [-0.15, -0.1) is 0 Å². The summed E-state index contributed by atoms with van der Waals surface area (Å²) in [6.45, 7) is 0. The molecule has 0 saturated carbocycles. The van der Waals surface area contributed by atoms with E-state index in [-0.39, 0.29) is 5.75 Å². The van der Waals surface area contributed by atoms with Crippen LogP contribution >= 0.6 is 90.4 Å². The maximum absolute atomic E-state index is 11.1. The fraction of sp³-hybridized carbons (Fsp3) is 0.133. The summed E-state index contributed by atoms with van der Waals surface area (Å²) in [5.74, 6) is 1.11. The van der Waals surface area contributed by atoms with Gasteiger partial charge in [0, 0.05) is 0 Å². The topological polar surface area (TPSA) is 98.6 Å². The molecule has 5 nitrogen and oxygen atoms in total. The van der Waals surface area contributed by atoms with Gasteiger partial charge < -0.3 is 21.3 Å². The van der Waals surface area contributed by atoms with E-state index in [0.29, 0.717) is 12.2 Å². The number of carbonyl (C=O) groups is 1. The third kappa shape index (κ3) is 5.20. The summed E-state index contributed by atoms with van der Waals surface area (Å²) in [4.78, 5) is 11.1. The number of benzene rings is 2. The van der Waals surface area contributed by atoms with E-state index in [1.165, 1.54) is 0 Å². The largest absolute Gasteiger partial charge is 0.506 e. The molecule has 1 amide bonds. The highest BCUT2D eigenvalue weighted by Gasteiger charge is 2.15. The first-order valence-corrected chi connectivity index (χ1v) is 10.9. The normalized spacial score (nSPS) is 12.0. The van der Waals surface area contributed by atoms with Crippen LogP contribution in [0.25, 0.3) is 0 Å². The van der Waals surface area contributed by atoms with Crippen molar-refractivity contribution < 1.29 is 14.6 Å². The minimum absolute atomic E-state index is 0.253. The highest BCUT2D eigenvalue weighted by molar-refractivity contribution is 14.1. The summed E-state index contributed by atoms with van der Waals surface area (Å²) < 4.78 is 9.27. The average Bonchev–Trinajstić information content (AvgIpc) is 2.48. The molecule has 0 aliphatic rings. The Labute approximate surface area is 193 Å². The number of rotatable bonds is 5. The van der Waals surface area contributed by atoms with Crippen LogP contribution in [0.4, 0.5) is 0 Å². The highest BCUT2D eigenvalue weighted by Crippen LogP contribution is 2.36. The Kier molecular flexibility index (Phi) is 7.64. The van der Waals surface area contributed by atoms with Crippen molar-refractivity contribution in [1.82, 2.24) is 0 Å². The van der Waals surface area contributed by atoms with Crippen LogP contribution in [0.2, 0.25) is 0 Å². The Bertz CT molecular complexity index is 752. The number of amides is 1. The van der Waals surface area contributed by atoms with Gasteiger partial charge >= 0.3 is 0 Å². The van der Waals surface area contributed by atoms with E-state index < -0.39 is 11.9 Å². The molecule has 0 aliphatic heterocycles. The van der Waals surface area contributed by atoms with Gasteiger partial charge in [-0.1, -0.05) is 0 Å². The van der Waals surface area contributed by atoms with Gasteiger partial charge in [-0.05, 0) is 127 Å². The number of hydrogen-bond acceptors (Lipinski definition) is 4. The first-order valence-electron chi connectivity index (χ1n) is 6.57. The quantitative estimate of drug-likeness (QED) is 0.401. The first kappa shape index (κ1) is 20.7. The lowest BCUT2D eigenvalue weighted by Crippen LogP contribution is -2.38. The molecule has 0 saturated heterocycles. The summed E-state index contributed by atoms with van der Waals surface area (Å²) in [5.41, 5.74) is 11.9. The Balaban J connectivity index is 2.30. The lowest BCUT2D eigenvalue weighted by molar-refractivity contribution is -0.119. The van der Waals surface area contributed by atoms with E-state index >= 15 is 0 Å². The molecule has 0 bridgehead atoms. The van der Waals surface area contributed by atoms with Crippen LogP contribution in [0, 0.1) is 14.3 Å². The number of hydrogen-bond donors (Lipinski definition) is 3. The van der Waals surface area contributed by atoms with Crippen LogP contribution in [-0.2, 0) is 11.2 Å². The number of halogens is 4. The van der Waals surface area contributed by atoms with Crippen LogP contribution in [0.1, 0.15) is 5.56 Å². The lowest BCUT2D eigenvalue weighted by Gasteiger charge is -2.14. The third-order valence-electron chi connectivity index (χ3n) is 3.09. The second-order valence-electron chi connectivity index (χ2n) is 4.94. The van der Waals surface area contributed by atoms with Crippen LogP contribution in [0.3, 0.4) is 0 Å². The van der Waals surface area contributed by atoms with Gasteiger partial charge in [-0.25, -0.2) is 0 Å². The molecular formula is C15H12I4N2O3. The predicted molar refractivity (Wildman–Crippen MR) is 126 cm³/mol. The van der Waals surface area contributed by atoms with Gasteiger partial charge in [0.25, 0.3) is 0 Å². The van der Waals surface area contributed by atoms with Crippen molar-refractivity contribution in [2.45, 2.75) is 12.5 Å². The molecule has 0 unspecified atom stereocenters. The van der Waals surface area contributed by atoms with E-state index in [9.17, 15) is 9.90 Å². The molecule has 2 aromatic rings. The minimum atomic E-state index is -0.705. The smallest absolute Gasteiger partial charge is 0.234 e. The Morgan fingerprint density at radius 2 is 1.54 bits per heavy atom. The van der Waals surface area contributed by atoms with Gasteiger partial charge in [-0.2, -0.15) is 0 Å². The molecule has 2 rings (SSSR count). The molecule has 128 valence electrons. The summed E-state index contributed by atoms with van der Waals surface area (Å²) in [6.07, 6.45) is 0.386. The average molecular weight is 776 g/mol. The third-order valence-corrected chi connectivity index (χ3v) is 6.34. The SMILES string of the molecule is NC(=O)[C@@H](N)Cc1cc(I)c(Oc2cc(I)c(O)c(I)c2)c(I)c1. The molecule has 24 heavy (non-hydrogen) atoms.